The zero-order chi connectivity index (χ0) is 16.8. The van der Waals surface area contributed by atoms with E-state index in [4.69, 9.17) is 0 Å². The fourth-order valence-electron chi connectivity index (χ4n) is 2.45. The first kappa shape index (κ1) is 15.7. The van der Waals surface area contributed by atoms with Gasteiger partial charge in [-0.1, -0.05) is 18.2 Å². The molecule has 2 heterocycles. The third kappa shape index (κ3) is 3.60. The summed E-state index contributed by atoms with van der Waals surface area (Å²) in [5.41, 5.74) is 0.764. The minimum atomic E-state index is -0.416. The van der Waals surface area contributed by atoms with Gasteiger partial charge in [0.05, 0.1) is 16.9 Å². The third-order valence-electron chi connectivity index (χ3n) is 3.64. The molecule has 0 radical (unpaired) electrons. The molecule has 0 saturated heterocycles. The van der Waals surface area contributed by atoms with Crippen molar-refractivity contribution in [1.29, 1.82) is 0 Å². The molecule has 8 nitrogen and oxygen atoms in total. The van der Waals surface area contributed by atoms with Crippen LogP contribution in [-0.4, -0.2) is 30.8 Å². The van der Waals surface area contributed by atoms with E-state index in [2.05, 4.69) is 15.4 Å². The van der Waals surface area contributed by atoms with E-state index in [0.29, 0.717) is 12.4 Å². The molecule has 1 aromatic carbocycles. The Labute approximate surface area is 138 Å². The Hall–Kier alpha value is -3.16. The average Bonchev–Trinajstić information content (AvgIpc) is 3.25. The van der Waals surface area contributed by atoms with Crippen LogP contribution in [0.3, 0.4) is 0 Å². The predicted molar refractivity (Wildman–Crippen MR) is 90.2 cm³/mol. The van der Waals surface area contributed by atoms with Crippen molar-refractivity contribution in [2.75, 3.05) is 11.9 Å². The van der Waals surface area contributed by atoms with Gasteiger partial charge in [-0.15, -0.1) is 0 Å². The molecule has 0 aliphatic heterocycles. The number of hydrogen-bond acceptors (Lipinski definition) is 5. The molecular weight excluding hydrogens is 308 g/mol. The van der Waals surface area contributed by atoms with E-state index in [0.717, 1.165) is 25.1 Å². The van der Waals surface area contributed by atoms with Crippen molar-refractivity contribution in [2.24, 2.45) is 0 Å². The van der Waals surface area contributed by atoms with Crippen LogP contribution in [0.15, 0.2) is 55.2 Å². The Balaban J connectivity index is 1.65. The highest BCUT2D eigenvalue weighted by Crippen LogP contribution is 2.26. The summed E-state index contributed by atoms with van der Waals surface area (Å²) in [5.74, 6) is 0.411. The maximum atomic E-state index is 11.2. The topological polar surface area (TPSA) is 90.8 Å². The maximum Gasteiger partial charge on any atom is 0.331 e. The molecule has 2 aromatic heterocycles. The van der Waals surface area contributed by atoms with Crippen molar-refractivity contribution in [3.63, 3.8) is 0 Å². The van der Waals surface area contributed by atoms with Crippen LogP contribution in [0, 0.1) is 10.1 Å². The van der Waals surface area contributed by atoms with Crippen molar-refractivity contribution in [3.8, 4) is 5.69 Å². The van der Waals surface area contributed by atoms with Crippen LogP contribution in [0.2, 0.25) is 0 Å². The molecule has 0 unspecified atom stereocenters. The number of para-hydroxylation sites is 1. The number of unbranched alkanes of at least 4 members (excludes halogenated alkanes) is 1. The Bertz CT molecular complexity index is 782. The number of nitrogens with one attached hydrogen (secondary N) is 1. The number of rotatable bonds is 8. The number of hydrogen-bond donors (Lipinski definition) is 1. The molecule has 0 aliphatic rings. The van der Waals surface area contributed by atoms with Gasteiger partial charge in [-0.2, -0.15) is 5.10 Å². The van der Waals surface area contributed by atoms with Crippen LogP contribution >= 0.6 is 0 Å². The number of aromatic nitrogens is 4. The number of aryl methyl sites for hydroxylation is 1. The van der Waals surface area contributed by atoms with Crippen LogP contribution < -0.4 is 5.32 Å². The Morgan fingerprint density at radius 2 is 2.04 bits per heavy atom. The van der Waals surface area contributed by atoms with E-state index >= 15 is 0 Å². The summed E-state index contributed by atoms with van der Waals surface area (Å²) in [6, 6.07) is 9.36. The number of benzene rings is 1. The highest BCUT2D eigenvalue weighted by Gasteiger charge is 2.20. The Morgan fingerprint density at radius 3 is 2.75 bits per heavy atom. The van der Waals surface area contributed by atoms with Gasteiger partial charge >= 0.3 is 5.69 Å². The number of anilines is 1. The zero-order valence-electron chi connectivity index (χ0n) is 13.1. The van der Waals surface area contributed by atoms with Gasteiger partial charge in [0.25, 0.3) is 0 Å². The molecule has 1 N–H and O–H groups in total. The molecule has 0 spiro atoms. The first-order valence-corrected chi connectivity index (χ1v) is 7.73. The van der Waals surface area contributed by atoms with Crippen molar-refractivity contribution in [1.82, 2.24) is 19.3 Å². The van der Waals surface area contributed by atoms with Gasteiger partial charge in [0.15, 0.2) is 0 Å². The monoisotopic (exact) mass is 326 g/mol. The van der Waals surface area contributed by atoms with Crippen LogP contribution in [0.5, 0.6) is 0 Å². The van der Waals surface area contributed by atoms with Gasteiger partial charge in [-0.05, 0) is 25.0 Å². The van der Waals surface area contributed by atoms with E-state index < -0.39 is 4.92 Å². The number of nitrogens with zero attached hydrogens (tertiary/aromatic N) is 5. The Kier molecular flexibility index (Phi) is 4.85. The number of nitro groups is 1. The summed E-state index contributed by atoms with van der Waals surface area (Å²) in [5, 5.41) is 18.5. The first-order chi connectivity index (χ1) is 11.8. The quantitative estimate of drug-likeness (QED) is 0.390. The zero-order valence-corrected chi connectivity index (χ0v) is 13.1. The smallest absolute Gasteiger partial charge is 0.331 e. The molecule has 0 atom stereocenters. The average molecular weight is 326 g/mol. The molecule has 0 amide bonds. The second-order valence-electron chi connectivity index (χ2n) is 5.32. The summed E-state index contributed by atoms with van der Waals surface area (Å²) in [6.45, 7) is 1.51. The molecule has 0 aliphatic carbocycles. The molecule has 124 valence electrons. The van der Waals surface area contributed by atoms with Crippen molar-refractivity contribution in [3.05, 3.63) is 65.4 Å². The lowest BCUT2D eigenvalue weighted by molar-refractivity contribution is -0.384. The molecule has 3 aromatic rings. The van der Waals surface area contributed by atoms with Crippen LogP contribution in [0.1, 0.15) is 12.8 Å². The fourth-order valence-corrected chi connectivity index (χ4v) is 2.45. The van der Waals surface area contributed by atoms with Gasteiger partial charge in [-0.25, -0.2) is 9.67 Å². The van der Waals surface area contributed by atoms with Gasteiger partial charge in [0, 0.05) is 25.5 Å². The van der Waals surface area contributed by atoms with Crippen LogP contribution in [-0.2, 0) is 6.54 Å². The summed E-state index contributed by atoms with van der Waals surface area (Å²) in [4.78, 5) is 14.8. The van der Waals surface area contributed by atoms with E-state index in [9.17, 15) is 10.1 Å². The maximum absolute atomic E-state index is 11.2. The largest absolute Gasteiger partial charge is 0.364 e. The second-order valence-corrected chi connectivity index (χ2v) is 5.32. The predicted octanol–water partition coefficient (Wildman–Crippen LogP) is 2.87. The van der Waals surface area contributed by atoms with Crippen LogP contribution in [0.25, 0.3) is 5.69 Å². The van der Waals surface area contributed by atoms with E-state index in [1.807, 2.05) is 41.1 Å². The first-order valence-electron chi connectivity index (χ1n) is 7.73. The second kappa shape index (κ2) is 7.40. The van der Waals surface area contributed by atoms with E-state index in [-0.39, 0.29) is 5.69 Å². The Morgan fingerprint density at radius 1 is 1.21 bits per heavy atom. The minimum absolute atomic E-state index is 0.0199. The van der Waals surface area contributed by atoms with Gasteiger partial charge in [0.1, 0.15) is 6.20 Å². The summed E-state index contributed by atoms with van der Waals surface area (Å²) in [7, 11) is 0. The molecular formula is C16H18N6O2. The molecule has 0 saturated carbocycles. The summed E-state index contributed by atoms with van der Waals surface area (Å²) < 4.78 is 3.57. The SMILES string of the molecule is O=[N+]([O-])c1cnn(-c2ccccc2)c1NCCCCn1ccnc1. The lowest BCUT2D eigenvalue weighted by atomic mass is 10.3. The van der Waals surface area contributed by atoms with E-state index in [1.54, 1.807) is 17.2 Å². The normalized spacial score (nSPS) is 10.7. The van der Waals surface area contributed by atoms with Gasteiger partial charge in [-0.3, -0.25) is 10.1 Å². The molecule has 0 bridgehead atoms. The summed E-state index contributed by atoms with van der Waals surface area (Å²) in [6.07, 6.45) is 8.57. The highest BCUT2D eigenvalue weighted by atomic mass is 16.6. The van der Waals surface area contributed by atoms with E-state index in [1.165, 1.54) is 6.20 Å². The molecule has 8 heteroatoms. The lowest BCUT2D eigenvalue weighted by Gasteiger charge is -2.09. The standard InChI is InChI=1S/C16H18N6O2/c23-22(24)15-12-19-21(14-6-2-1-3-7-14)16(15)18-8-4-5-10-20-11-9-17-13-20/h1-3,6-7,9,11-13,18H,4-5,8,10H2. The van der Waals surface area contributed by atoms with Crippen molar-refractivity contribution < 1.29 is 4.92 Å². The van der Waals surface area contributed by atoms with Crippen molar-refractivity contribution >= 4 is 11.5 Å². The molecule has 3 rings (SSSR count). The van der Waals surface area contributed by atoms with Crippen molar-refractivity contribution in [2.45, 2.75) is 19.4 Å². The minimum Gasteiger partial charge on any atom is -0.364 e. The highest BCUT2D eigenvalue weighted by molar-refractivity contribution is 5.59. The fraction of sp³-hybridized carbons (Fsp3) is 0.250. The third-order valence-corrected chi connectivity index (χ3v) is 3.64. The summed E-state index contributed by atoms with van der Waals surface area (Å²) >= 11 is 0. The van der Waals surface area contributed by atoms with Gasteiger partial charge < -0.3 is 9.88 Å². The van der Waals surface area contributed by atoms with Gasteiger partial charge in [0.2, 0.25) is 5.82 Å². The van der Waals surface area contributed by atoms with Crippen LogP contribution in [0.4, 0.5) is 11.5 Å². The number of imidazole rings is 1. The lowest BCUT2D eigenvalue weighted by Crippen LogP contribution is -2.10. The molecule has 24 heavy (non-hydrogen) atoms. The molecule has 0 fully saturated rings.